The predicted molar refractivity (Wildman–Crippen MR) is 81.4 cm³/mol. The van der Waals surface area contributed by atoms with Gasteiger partial charge in [-0.15, -0.1) is 0 Å². The van der Waals surface area contributed by atoms with Crippen LogP contribution in [0.1, 0.15) is 31.2 Å². The zero-order valence-corrected chi connectivity index (χ0v) is 12.1. The summed E-state index contributed by atoms with van der Waals surface area (Å²) in [4.78, 5) is 4.49. The highest BCUT2D eigenvalue weighted by atomic mass is 16.5. The van der Waals surface area contributed by atoms with E-state index in [2.05, 4.69) is 33.8 Å². The van der Waals surface area contributed by atoms with Crippen LogP contribution in [0.3, 0.4) is 0 Å². The molecule has 1 fully saturated rings. The molecule has 2 N–H and O–H groups in total. The molecule has 20 heavy (non-hydrogen) atoms. The van der Waals surface area contributed by atoms with Crippen LogP contribution in [0.15, 0.2) is 29.3 Å². The minimum Gasteiger partial charge on any atom is -0.496 e. The number of ether oxygens (including phenoxy) is 1. The van der Waals surface area contributed by atoms with Crippen molar-refractivity contribution in [2.24, 2.45) is 4.99 Å². The van der Waals surface area contributed by atoms with Gasteiger partial charge in [-0.3, -0.25) is 4.99 Å². The molecular weight excluding hydrogens is 250 g/mol. The molecule has 1 saturated carbocycles. The molecule has 0 unspecified atom stereocenters. The van der Waals surface area contributed by atoms with Crippen molar-refractivity contribution in [2.45, 2.75) is 31.1 Å². The molecule has 0 amide bonds. The standard InChI is InChI=1S/C16H23N3O/c1-20-14-7-3-2-6-13(14)16(8-4-9-16)12-19-15-17-10-5-11-18-15/h2-3,6-7H,4-5,8-12H2,1H3,(H2,17,18,19). The van der Waals surface area contributed by atoms with Crippen molar-refractivity contribution in [1.29, 1.82) is 0 Å². The van der Waals surface area contributed by atoms with Gasteiger partial charge >= 0.3 is 0 Å². The first kappa shape index (κ1) is 13.3. The van der Waals surface area contributed by atoms with Gasteiger partial charge in [0.05, 0.1) is 7.11 Å². The van der Waals surface area contributed by atoms with Crippen molar-refractivity contribution in [3.05, 3.63) is 29.8 Å². The van der Waals surface area contributed by atoms with E-state index < -0.39 is 0 Å². The fourth-order valence-corrected chi connectivity index (χ4v) is 3.13. The van der Waals surface area contributed by atoms with Gasteiger partial charge in [0.2, 0.25) is 0 Å². The Balaban J connectivity index is 1.75. The molecule has 1 heterocycles. The summed E-state index contributed by atoms with van der Waals surface area (Å²) in [5.41, 5.74) is 1.53. The summed E-state index contributed by atoms with van der Waals surface area (Å²) in [6.07, 6.45) is 4.85. The Kier molecular flexibility index (Phi) is 3.81. The second-order valence-electron chi connectivity index (χ2n) is 5.70. The monoisotopic (exact) mass is 273 g/mol. The molecule has 4 heteroatoms. The maximum Gasteiger partial charge on any atom is 0.191 e. The molecule has 1 aromatic carbocycles. The zero-order chi connectivity index (χ0) is 13.8. The fraction of sp³-hybridized carbons (Fsp3) is 0.562. The summed E-state index contributed by atoms with van der Waals surface area (Å²) in [5, 5.41) is 6.83. The third kappa shape index (κ3) is 2.47. The van der Waals surface area contributed by atoms with Crippen LogP contribution in [-0.2, 0) is 5.41 Å². The largest absolute Gasteiger partial charge is 0.496 e. The van der Waals surface area contributed by atoms with Crippen LogP contribution in [-0.4, -0.2) is 32.7 Å². The molecule has 1 aliphatic heterocycles. The van der Waals surface area contributed by atoms with Gasteiger partial charge in [-0.1, -0.05) is 24.6 Å². The van der Waals surface area contributed by atoms with Crippen LogP contribution in [0.25, 0.3) is 0 Å². The number of nitrogens with one attached hydrogen (secondary N) is 2. The van der Waals surface area contributed by atoms with Crippen LogP contribution in [0, 0.1) is 0 Å². The van der Waals surface area contributed by atoms with Crippen LogP contribution < -0.4 is 15.4 Å². The van der Waals surface area contributed by atoms with E-state index in [-0.39, 0.29) is 5.41 Å². The molecule has 3 rings (SSSR count). The van der Waals surface area contributed by atoms with Crippen LogP contribution in [0.2, 0.25) is 0 Å². The molecule has 1 aliphatic carbocycles. The van der Waals surface area contributed by atoms with Gasteiger partial charge in [0, 0.05) is 30.6 Å². The Morgan fingerprint density at radius 1 is 1.30 bits per heavy atom. The lowest BCUT2D eigenvalue weighted by molar-refractivity contribution is 0.235. The third-order valence-electron chi connectivity index (χ3n) is 4.48. The number of rotatable bonds is 4. The minimum atomic E-state index is 0.203. The van der Waals surface area contributed by atoms with E-state index >= 15 is 0 Å². The summed E-state index contributed by atoms with van der Waals surface area (Å²) in [6.45, 7) is 2.88. The SMILES string of the molecule is COc1ccccc1C1(CNC2=NCCCN2)CCC1. The quantitative estimate of drug-likeness (QED) is 0.882. The lowest BCUT2D eigenvalue weighted by Crippen LogP contribution is -2.50. The molecular formula is C16H23N3O. The van der Waals surface area contributed by atoms with E-state index in [4.69, 9.17) is 4.74 Å². The molecule has 108 valence electrons. The van der Waals surface area contributed by atoms with E-state index in [0.29, 0.717) is 0 Å². The van der Waals surface area contributed by atoms with Crippen molar-refractivity contribution < 1.29 is 4.74 Å². The second kappa shape index (κ2) is 5.73. The van der Waals surface area contributed by atoms with E-state index in [1.165, 1.54) is 24.8 Å². The number of hydrogen-bond acceptors (Lipinski definition) is 4. The Hall–Kier alpha value is -1.71. The summed E-state index contributed by atoms with van der Waals surface area (Å²) in [6, 6.07) is 8.41. The molecule has 2 aliphatic rings. The number of methoxy groups -OCH3 is 1. The van der Waals surface area contributed by atoms with Gasteiger partial charge in [0.15, 0.2) is 5.96 Å². The smallest absolute Gasteiger partial charge is 0.191 e. The summed E-state index contributed by atoms with van der Waals surface area (Å²) >= 11 is 0. The van der Waals surface area contributed by atoms with E-state index in [9.17, 15) is 0 Å². The van der Waals surface area contributed by atoms with Crippen molar-refractivity contribution in [3.8, 4) is 5.75 Å². The Morgan fingerprint density at radius 3 is 2.80 bits per heavy atom. The molecule has 0 atom stereocenters. The number of hydrogen-bond donors (Lipinski definition) is 2. The Labute approximate surface area is 120 Å². The lowest BCUT2D eigenvalue weighted by Gasteiger charge is -2.43. The minimum absolute atomic E-state index is 0.203. The van der Waals surface area contributed by atoms with Crippen molar-refractivity contribution in [1.82, 2.24) is 10.6 Å². The number of guanidine groups is 1. The fourth-order valence-electron chi connectivity index (χ4n) is 3.13. The molecule has 1 aromatic rings. The molecule has 0 bridgehead atoms. The first-order valence-corrected chi connectivity index (χ1v) is 7.50. The number of nitrogens with zero attached hydrogens (tertiary/aromatic N) is 1. The van der Waals surface area contributed by atoms with Crippen LogP contribution in [0.4, 0.5) is 0 Å². The molecule has 0 spiro atoms. The molecule has 0 radical (unpaired) electrons. The maximum atomic E-state index is 5.55. The van der Waals surface area contributed by atoms with E-state index in [1.54, 1.807) is 7.11 Å². The highest BCUT2D eigenvalue weighted by molar-refractivity contribution is 5.80. The van der Waals surface area contributed by atoms with Gasteiger partial charge in [-0.2, -0.15) is 0 Å². The zero-order valence-electron chi connectivity index (χ0n) is 12.1. The first-order valence-electron chi connectivity index (χ1n) is 7.50. The van der Waals surface area contributed by atoms with Crippen molar-refractivity contribution in [3.63, 3.8) is 0 Å². The van der Waals surface area contributed by atoms with Gasteiger partial charge in [-0.25, -0.2) is 0 Å². The predicted octanol–water partition coefficient (Wildman–Crippen LogP) is 2.06. The summed E-state index contributed by atoms with van der Waals surface area (Å²) < 4.78 is 5.55. The van der Waals surface area contributed by atoms with Crippen molar-refractivity contribution in [2.75, 3.05) is 26.7 Å². The Bertz CT molecular complexity index is 494. The number of benzene rings is 1. The highest BCUT2D eigenvalue weighted by Crippen LogP contribution is 2.46. The second-order valence-corrected chi connectivity index (χ2v) is 5.70. The third-order valence-corrected chi connectivity index (χ3v) is 4.48. The normalized spacial score (nSPS) is 20.4. The lowest BCUT2D eigenvalue weighted by atomic mass is 9.64. The van der Waals surface area contributed by atoms with Crippen LogP contribution in [0.5, 0.6) is 5.75 Å². The van der Waals surface area contributed by atoms with Gasteiger partial charge in [0.1, 0.15) is 5.75 Å². The number of para-hydroxylation sites is 1. The van der Waals surface area contributed by atoms with Crippen molar-refractivity contribution >= 4 is 5.96 Å². The average Bonchev–Trinajstić information content (AvgIpc) is 2.48. The highest BCUT2D eigenvalue weighted by Gasteiger charge is 2.40. The molecule has 0 aromatic heterocycles. The van der Waals surface area contributed by atoms with Crippen LogP contribution >= 0.6 is 0 Å². The maximum absolute atomic E-state index is 5.55. The summed E-state index contributed by atoms with van der Waals surface area (Å²) in [5.74, 6) is 1.96. The van der Waals surface area contributed by atoms with Gasteiger partial charge < -0.3 is 15.4 Å². The average molecular weight is 273 g/mol. The Morgan fingerprint density at radius 2 is 2.15 bits per heavy atom. The van der Waals surface area contributed by atoms with Gasteiger partial charge in [-0.05, 0) is 25.3 Å². The molecule has 0 saturated heterocycles. The first-order chi connectivity index (χ1) is 9.84. The van der Waals surface area contributed by atoms with E-state index in [1.807, 2.05) is 6.07 Å². The summed E-state index contributed by atoms with van der Waals surface area (Å²) in [7, 11) is 1.76. The van der Waals surface area contributed by atoms with Gasteiger partial charge in [0.25, 0.3) is 0 Å². The molecule has 4 nitrogen and oxygen atoms in total. The van der Waals surface area contributed by atoms with E-state index in [0.717, 1.165) is 37.8 Å². The number of aliphatic imine (C=N–C) groups is 1. The topological polar surface area (TPSA) is 45.6 Å².